The topological polar surface area (TPSA) is 81.7 Å². The molecule has 0 aromatic rings. The van der Waals surface area contributed by atoms with Crippen molar-refractivity contribution in [3.63, 3.8) is 0 Å². The zero-order valence-corrected chi connectivity index (χ0v) is 10.2. The van der Waals surface area contributed by atoms with Gasteiger partial charge in [0.15, 0.2) is 0 Å². The standard InChI is InChI=1S/C11H17NO5/c1-5-7-11(12-8(3)13,17-9(4)14)10(15)16-6-2/h5H,1,6-7H2,2-4H3,(H,12,13). The molecule has 96 valence electrons. The molecule has 6 heteroatoms. The molecule has 1 amide bonds. The van der Waals surface area contributed by atoms with Gasteiger partial charge in [0.1, 0.15) is 0 Å². The summed E-state index contributed by atoms with van der Waals surface area (Å²) in [5, 5.41) is 2.28. The van der Waals surface area contributed by atoms with E-state index in [1.165, 1.54) is 13.0 Å². The minimum absolute atomic E-state index is 0.0645. The molecule has 0 aromatic heterocycles. The molecular weight excluding hydrogens is 226 g/mol. The molecule has 0 heterocycles. The van der Waals surface area contributed by atoms with Crippen LogP contribution >= 0.6 is 0 Å². The first-order valence-electron chi connectivity index (χ1n) is 5.14. The Labute approximate surface area is 100.0 Å². The summed E-state index contributed by atoms with van der Waals surface area (Å²) in [5.74, 6) is -2.04. The molecule has 0 aliphatic heterocycles. The predicted octanol–water partition coefficient (Wildman–Crippen LogP) is 0.521. The fourth-order valence-corrected chi connectivity index (χ4v) is 1.27. The highest BCUT2D eigenvalue weighted by molar-refractivity contribution is 5.88. The average Bonchev–Trinajstić information content (AvgIpc) is 2.15. The van der Waals surface area contributed by atoms with E-state index in [1.807, 2.05) is 0 Å². The highest BCUT2D eigenvalue weighted by Gasteiger charge is 2.43. The quantitative estimate of drug-likeness (QED) is 0.418. The molecular formula is C11H17NO5. The number of hydrogen-bond donors (Lipinski definition) is 1. The second kappa shape index (κ2) is 6.67. The van der Waals surface area contributed by atoms with Gasteiger partial charge < -0.3 is 14.8 Å². The Morgan fingerprint density at radius 2 is 1.94 bits per heavy atom. The highest BCUT2D eigenvalue weighted by atomic mass is 16.6. The van der Waals surface area contributed by atoms with Gasteiger partial charge in [-0.15, -0.1) is 6.58 Å². The van der Waals surface area contributed by atoms with E-state index in [0.29, 0.717) is 0 Å². The lowest BCUT2D eigenvalue weighted by Gasteiger charge is -2.29. The Kier molecular flexibility index (Phi) is 5.95. The summed E-state index contributed by atoms with van der Waals surface area (Å²) in [6, 6.07) is 0. The van der Waals surface area contributed by atoms with Crippen molar-refractivity contribution in [3.05, 3.63) is 12.7 Å². The van der Waals surface area contributed by atoms with Crippen molar-refractivity contribution in [2.45, 2.75) is 32.9 Å². The van der Waals surface area contributed by atoms with Crippen LogP contribution in [-0.4, -0.2) is 30.2 Å². The maximum atomic E-state index is 11.8. The Morgan fingerprint density at radius 3 is 2.29 bits per heavy atom. The van der Waals surface area contributed by atoms with Crippen LogP contribution in [0.5, 0.6) is 0 Å². The smallest absolute Gasteiger partial charge is 0.372 e. The van der Waals surface area contributed by atoms with E-state index in [-0.39, 0.29) is 13.0 Å². The fourth-order valence-electron chi connectivity index (χ4n) is 1.27. The maximum absolute atomic E-state index is 11.8. The molecule has 0 aromatic carbocycles. The van der Waals surface area contributed by atoms with E-state index in [2.05, 4.69) is 11.9 Å². The van der Waals surface area contributed by atoms with Crippen molar-refractivity contribution < 1.29 is 23.9 Å². The van der Waals surface area contributed by atoms with E-state index in [9.17, 15) is 14.4 Å². The van der Waals surface area contributed by atoms with E-state index in [1.54, 1.807) is 6.92 Å². The van der Waals surface area contributed by atoms with Crippen molar-refractivity contribution in [2.24, 2.45) is 0 Å². The lowest BCUT2D eigenvalue weighted by molar-refractivity contribution is -0.186. The van der Waals surface area contributed by atoms with Crippen molar-refractivity contribution in [3.8, 4) is 0 Å². The van der Waals surface area contributed by atoms with Gasteiger partial charge in [-0.3, -0.25) is 9.59 Å². The molecule has 6 nitrogen and oxygen atoms in total. The van der Waals surface area contributed by atoms with Crippen LogP contribution in [0.4, 0.5) is 0 Å². The summed E-state index contributed by atoms with van der Waals surface area (Å²) in [7, 11) is 0. The number of rotatable bonds is 6. The summed E-state index contributed by atoms with van der Waals surface area (Å²) in [4.78, 5) is 33.9. The van der Waals surface area contributed by atoms with Gasteiger partial charge in [0.25, 0.3) is 5.72 Å². The van der Waals surface area contributed by atoms with E-state index in [0.717, 1.165) is 6.92 Å². The number of amides is 1. The van der Waals surface area contributed by atoms with Gasteiger partial charge in [-0.1, -0.05) is 6.08 Å². The zero-order chi connectivity index (χ0) is 13.5. The first-order chi connectivity index (χ1) is 7.88. The Morgan fingerprint density at radius 1 is 1.35 bits per heavy atom. The summed E-state index contributed by atoms with van der Waals surface area (Å²) in [6.07, 6.45) is 1.29. The fraction of sp³-hybridized carbons (Fsp3) is 0.545. The molecule has 17 heavy (non-hydrogen) atoms. The monoisotopic (exact) mass is 243 g/mol. The van der Waals surface area contributed by atoms with Crippen molar-refractivity contribution >= 4 is 17.8 Å². The molecule has 0 fully saturated rings. The normalized spacial score (nSPS) is 13.1. The summed E-state index contributed by atoms with van der Waals surface area (Å²) < 4.78 is 9.67. The van der Waals surface area contributed by atoms with Gasteiger partial charge in [0.05, 0.1) is 6.61 Å². The van der Waals surface area contributed by atoms with Gasteiger partial charge in [0.2, 0.25) is 5.91 Å². The van der Waals surface area contributed by atoms with Gasteiger partial charge in [-0.2, -0.15) is 0 Å². The molecule has 1 atom stereocenters. The Bertz CT molecular complexity index is 308. The van der Waals surface area contributed by atoms with Crippen LogP contribution in [0.25, 0.3) is 0 Å². The second-order valence-electron chi connectivity index (χ2n) is 3.32. The van der Waals surface area contributed by atoms with Crippen molar-refractivity contribution in [2.75, 3.05) is 6.61 Å². The number of nitrogens with one attached hydrogen (secondary N) is 1. The maximum Gasteiger partial charge on any atom is 0.372 e. The summed E-state index contributed by atoms with van der Waals surface area (Å²) in [6.45, 7) is 7.52. The van der Waals surface area contributed by atoms with Crippen molar-refractivity contribution in [1.29, 1.82) is 0 Å². The van der Waals surface area contributed by atoms with Crippen LogP contribution in [-0.2, 0) is 23.9 Å². The number of esters is 2. The molecule has 0 bridgehead atoms. The van der Waals surface area contributed by atoms with Crippen LogP contribution in [0.2, 0.25) is 0 Å². The van der Waals surface area contributed by atoms with E-state index in [4.69, 9.17) is 9.47 Å². The third-order valence-corrected chi connectivity index (χ3v) is 1.73. The van der Waals surface area contributed by atoms with Crippen LogP contribution in [0.3, 0.4) is 0 Å². The van der Waals surface area contributed by atoms with Crippen LogP contribution < -0.4 is 5.32 Å². The predicted molar refractivity (Wildman–Crippen MR) is 59.8 cm³/mol. The highest BCUT2D eigenvalue weighted by Crippen LogP contribution is 2.16. The molecule has 0 aliphatic rings. The Hall–Kier alpha value is -1.85. The number of hydrogen-bond acceptors (Lipinski definition) is 5. The van der Waals surface area contributed by atoms with Gasteiger partial charge in [-0.05, 0) is 6.92 Å². The molecule has 0 rings (SSSR count). The lowest BCUT2D eigenvalue weighted by atomic mass is 10.1. The largest absolute Gasteiger partial charge is 0.462 e. The van der Waals surface area contributed by atoms with Gasteiger partial charge in [0, 0.05) is 20.3 Å². The summed E-state index contributed by atoms with van der Waals surface area (Å²) >= 11 is 0. The number of carbonyl (C=O) groups excluding carboxylic acids is 3. The number of ether oxygens (including phenoxy) is 2. The molecule has 1 unspecified atom stereocenters. The second-order valence-corrected chi connectivity index (χ2v) is 3.32. The van der Waals surface area contributed by atoms with E-state index >= 15 is 0 Å². The van der Waals surface area contributed by atoms with Crippen molar-refractivity contribution in [1.82, 2.24) is 5.32 Å². The SMILES string of the molecule is C=CCC(NC(C)=O)(OC(C)=O)C(=O)OCC. The van der Waals surface area contributed by atoms with Gasteiger partial charge >= 0.3 is 11.9 Å². The molecule has 0 radical (unpaired) electrons. The van der Waals surface area contributed by atoms with Crippen LogP contribution in [0.15, 0.2) is 12.7 Å². The first-order valence-corrected chi connectivity index (χ1v) is 5.14. The molecule has 0 spiro atoms. The average molecular weight is 243 g/mol. The van der Waals surface area contributed by atoms with Crippen LogP contribution in [0.1, 0.15) is 27.2 Å². The third-order valence-electron chi connectivity index (χ3n) is 1.73. The zero-order valence-electron chi connectivity index (χ0n) is 10.2. The minimum Gasteiger partial charge on any atom is -0.462 e. The molecule has 0 saturated heterocycles. The first kappa shape index (κ1) is 15.2. The lowest BCUT2D eigenvalue weighted by Crippen LogP contribution is -2.57. The Balaban J connectivity index is 5.19. The summed E-state index contributed by atoms with van der Waals surface area (Å²) in [5.41, 5.74) is -1.82. The molecule has 0 aliphatic carbocycles. The van der Waals surface area contributed by atoms with Gasteiger partial charge in [-0.25, -0.2) is 4.79 Å². The van der Waals surface area contributed by atoms with E-state index < -0.39 is 23.6 Å². The molecule has 1 N–H and O–H groups in total. The minimum atomic E-state index is -1.82. The van der Waals surface area contributed by atoms with Crippen LogP contribution in [0, 0.1) is 0 Å². The molecule has 0 saturated carbocycles. The third kappa shape index (κ3) is 4.67. The number of carbonyl (C=O) groups is 3.